The van der Waals surface area contributed by atoms with Crippen LogP contribution in [0, 0.1) is 5.82 Å². The van der Waals surface area contributed by atoms with E-state index in [1.54, 1.807) is 17.4 Å². The fourth-order valence-electron chi connectivity index (χ4n) is 1.40. The molecule has 0 amide bonds. The molecule has 2 rings (SSSR count). The van der Waals surface area contributed by atoms with E-state index < -0.39 is 5.38 Å². The number of rotatable bonds is 2. The Balaban J connectivity index is 2.46. The predicted molar refractivity (Wildman–Crippen MR) is 81.5 cm³/mol. The highest BCUT2D eigenvalue weighted by molar-refractivity contribution is 9.12. The summed E-state index contributed by atoms with van der Waals surface area (Å²) in [7, 11) is 0. The third-order valence-corrected chi connectivity index (χ3v) is 5.77. The summed E-state index contributed by atoms with van der Waals surface area (Å²) in [4.78, 5) is 0. The summed E-state index contributed by atoms with van der Waals surface area (Å²) < 4.78 is 16.0. The van der Waals surface area contributed by atoms with Crippen molar-refractivity contribution in [1.29, 1.82) is 0 Å². The van der Waals surface area contributed by atoms with E-state index in [4.69, 9.17) is 11.6 Å². The lowest BCUT2D eigenvalue weighted by molar-refractivity contribution is 0.625. The van der Waals surface area contributed by atoms with Gasteiger partial charge in [0.05, 0.1) is 12.9 Å². The lowest BCUT2D eigenvalue weighted by atomic mass is 10.1. The van der Waals surface area contributed by atoms with Crippen molar-refractivity contribution >= 4 is 70.7 Å². The maximum Gasteiger partial charge on any atom is 0.123 e. The van der Waals surface area contributed by atoms with Gasteiger partial charge in [0.1, 0.15) is 5.82 Å². The van der Waals surface area contributed by atoms with Crippen LogP contribution in [0.3, 0.4) is 0 Å². The molecule has 0 fully saturated rings. The van der Waals surface area contributed by atoms with Crippen LogP contribution in [0.2, 0.25) is 0 Å². The number of thiophene rings is 1. The van der Waals surface area contributed by atoms with Gasteiger partial charge in [-0.1, -0.05) is 15.9 Å². The van der Waals surface area contributed by atoms with Gasteiger partial charge >= 0.3 is 0 Å². The average Bonchev–Trinajstić information content (AvgIpc) is 2.60. The monoisotopic (exact) mass is 460 g/mol. The van der Waals surface area contributed by atoms with Gasteiger partial charge < -0.3 is 0 Å². The summed E-state index contributed by atoms with van der Waals surface area (Å²) in [5.74, 6) is -0.292. The maximum atomic E-state index is 13.2. The van der Waals surface area contributed by atoms with Crippen LogP contribution in [-0.2, 0) is 0 Å². The van der Waals surface area contributed by atoms with Crippen molar-refractivity contribution in [2.24, 2.45) is 0 Å². The zero-order chi connectivity index (χ0) is 12.6. The Kier molecular flexibility index (Phi) is 4.69. The van der Waals surface area contributed by atoms with Gasteiger partial charge in [-0.25, -0.2) is 4.39 Å². The topological polar surface area (TPSA) is 0 Å². The number of hydrogen-bond acceptors (Lipinski definition) is 1. The molecule has 1 heterocycles. The van der Waals surface area contributed by atoms with E-state index in [-0.39, 0.29) is 5.82 Å². The van der Waals surface area contributed by atoms with E-state index in [1.165, 1.54) is 12.1 Å². The van der Waals surface area contributed by atoms with Crippen molar-refractivity contribution in [3.8, 4) is 0 Å². The number of benzene rings is 1. The lowest BCUT2D eigenvalue weighted by Crippen LogP contribution is -1.94. The van der Waals surface area contributed by atoms with Crippen LogP contribution >= 0.6 is 70.7 Å². The molecule has 0 aliphatic heterocycles. The van der Waals surface area contributed by atoms with Gasteiger partial charge in [0.2, 0.25) is 0 Å². The third kappa shape index (κ3) is 3.13. The zero-order valence-corrected chi connectivity index (χ0v) is 14.5. The van der Waals surface area contributed by atoms with Gasteiger partial charge in [-0.15, -0.1) is 22.9 Å². The highest BCUT2D eigenvalue weighted by Crippen LogP contribution is 2.42. The molecule has 17 heavy (non-hydrogen) atoms. The normalized spacial score (nSPS) is 12.8. The van der Waals surface area contributed by atoms with Crippen LogP contribution in [0.25, 0.3) is 0 Å². The minimum atomic E-state index is -0.392. The largest absolute Gasteiger partial charge is 0.207 e. The van der Waals surface area contributed by atoms with Gasteiger partial charge in [-0.2, -0.15) is 0 Å². The minimum absolute atomic E-state index is 0.292. The van der Waals surface area contributed by atoms with Gasteiger partial charge in [0.25, 0.3) is 0 Å². The molecule has 0 spiro atoms. The molecule has 0 radical (unpaired) electrons. The molecule has 1 aromatic heterocycles. The number of halogens is 5. The number of alkyl halides is 1. The Labute approximate surface area is 133 Å². The highest BCUT2D eigenvalue weighted by atomic mass is 79.9. The second kappa shape index (κ2) is 5.70. The summed E-state index contributed by atoms with van der Waals surface area (Å²) in [5.41, 5.74) is 1.65. The summed E-state index contributed by atoms with van der Waals surface area (Å²) in [6.07, 6.45) is 0. The van der Waals surface area contributed by atoms with Crippen molar-refractivity contribution in [2.45, 2.75) is 5.38 Å². The molecule has 0 N–H and O–H groups in total. The lowest BCUT2D eigenvalue weighted by Gasteiger charge is -2.11. The Hall–Kier alpha value is 0.580. The first kappa shape index (κ1) is 14.0. The molecule has 0 saturated heterocycles. The molecule has 0 nitrogen and oxygen atoms in total. The van der Waals surface area contributed by atoms with E-state index in [0.29, 0.717) is 0 Å². The van der Waals surface area contributed by atoms with Gasteiger partial charge in [-0.05, 0) is 61.7 Å². The van der Waals surface area contributed by atoms with E-state index >= 15 is 0 Å². The van der Waals surface area contributed by atoms with Crippen LogP contribution < -0.4 is 0 Å². The Morgan fingerprint density at radius 2 is 1.82 bits per heavy atom. The van der Waals surface area contributed by atoms with Crippen molar-refractivity contribution in [3.05, 3.63) is 53.3 Å². The second-order valence-corrected chi connectivity index (χ2v) is 8.35. The van der Waals surface area contributed by atoms with Gasteiger partial charge in [-0.3, -0.25) is 0 Å². The van der Waals surface area contributed by atoms with Crippen LogP contribution in [-0.4, -0.2) is 0 Å². The summed E-state index contributed by atoms with van der Waals surface area (Å²) in [6, 6.07) is 6.44. The molecule has 1 aromatic carbocycles. The molecule has 2 aromatic rings. The minimum Gasteiger partial charge on any atom is -0.207 e. The quantitative estimate of drug-likeness (QED) is 0.446. The first-order valence-corrected chi connectivity index (χ1v) is 8.16. The summed E-state index contributed by atoms with van der Waals surface area (Å²) in [6.45, 7) is 0. The second-order valence-electron chi connectivity index (χ2n) is 3.31. The molecule has 0 bridgehead atoms. The summed E-state index contributed by atoms with van der Waals surface area (Å²) in [5, 5.41) is -0.392. The van der Waals surface area contributed by atoms with Crippen LogP contribution in [0.5, 0.6) is 0 Å². The van der Waals surface area contributed by atoms with Crippen molar-refractivity contribution in [1.82, 2.24) is 0 Å². The van der Waals surface area contributed by atoms with Crippen molar-refractivity contribution in [2.75, 3.05) is 0 Å². The number of hydrogen-bond donors (Lipinski definition) is 0. The molecule has 0 saturated carbocycles. The molecule has 1 atom stereocenters. The smallest absolute Gasteiger partial charge is 0.123 e. The fourth-order valence-corrected chi connectivity index (χ4v) is 5.46. The standard InChI is InChI=1S/C11H5Br3ClFS/c12-8-2-1-5(16)3-6(8)10(15)7-4-9(13)17-11(7)14/h1-4,10H. The van der Waals surface area contributed by atoms with E-state index in [1.807, 2.05) is 6.07 Å². The maximum absolute atomic E-state index is 13.2. The van der Waals surface area contributed by atoms with E-state index in [2.05, 4.69) is 47.8 Å². The van der Waals surface area contributed by atoms with E-state index in [0.717, 1.165) is 23.2 Å². The van der Waals surface area contributed by atoms with Crippen LogP contribution in [0.15, 0.2) is 36.3 Å². The van der Waals surface area contributed by atoms with Crippen LogP contribution in [0.4, 0.5) is 4.39 Å². The molecule has 0 aliphatic carbocycles. The molecule has 1 unspecified atom stereocenters. The Morgan fingerprint density at radius 1 is 1.12 bits per heavy atom. The van der Waals surface area contributed by atoms with E-state index in [9.17, 15) is 4.39 Å². The third-order valence-electron chi connectivity index (χ3n) is 2.19. The molecule has 0 aliphatic rings. The van der Waals surface area contributed by atoms with Crippen molar-refractivity contribution in [3.63, 3.8) is 0 Å². The highest BCUT2D eigenvalue weighted by Gasteiger charge is 2.19. The first-order chi connectivity index (χ1) is 7.99. The summed E-state index contributed by atoms with van der Waals surface area (Å²) >= 11 is 18.2. The molecular weight excluding hydrogens is 458 g/mol. The predicted octanol–water partition coefficient (Wildman–Crippen LogP) is 6.50. The average molecular weight is 463 g/mol. The SMILES string of the molecule is Fc1ccc(Br)c(C(Cl)c2cc(Br)sc2Br)c1. The Bertz CT molecular complexity index is 556. The molecular formula is C11H5Br3ClFS. The van der Waals surface area contributed by atoms with Crippen LogP contribution in [0.1, 0.15) is 16.5 Å². The zero-order valence-electron chi connectivity index (χ0n) is 8.18. The van der Waals surface area contributed by atoms with Gasteiger partial charge in [0, 0.05) is 10.0 Å². The Morgan fingerprint density at radius 3 is 2.41 bits per heavy atom. The molecule has 90 valence electrons. The van der Waals surface area contributed by atoms with Gasteiger partial charge in [0.15, 0.2) is 0 Å². The molecule has 6 heteroatoms. The van der Waals surface area contributed by atoms with Crippen molar-refractivity contribution < 1.29 is 4.39 Å². The first-order valence-electron chi connectivity index (χ1n) is 4.53. The fraction of sp³-hybridized carbons (Fsp3) is 0.0909.